The molecule has 0 atom stereocenters. The van der Waals surface area contributed by atoms with Gasteiger partial charge in [-0.3, -0.25) is 0 Å². The molecule has 0 aliphatic heterocycles. The summed E-state index contributed by atoms with van der Waals surface area (Å²) in [5, 5.41) is 3.46. The summed E-state index contributed by atoms with van der Waals surface area (Å²) >= 11 is 1.66. The number of aromatic nitrogens is 2. The van der Waals surface area contributed by atoms with Crippen LogP contribution >= 0.6 is 22.6 Å². The van der Waals surface area contributed by atoms with Crippen LogP contribution in [0.25, 0.3) is 0 Å². The molecule has 1 aromatic heterocycles. The van der Waals surface area contributed by atoms with Gasteiger partial charge in [-0.15, -0.1) is 13.2 Å². The third-order valence-electron chi connectivity index (χ3n) is 0.992. The molecule has 0 saturated carbocycles. The van der Waals surface area contributed by atoms with Gasteiger partial charge < -0.3 is 4.74 Å². The minimum absolute atomic E-state index is 0.201. The summed E-state index contributed by atoms with van der Waals surface area (Å²) in [6.45, 7) is 0. The predicted octanol–water partition coefficient (Wildman–Crippen LogP) is 1.72. The van der Waals surface area contributed by atoms with Crippen LogP contribution in [0, 0.1) is 9.77 Å². The first-order valence-electron chi connectivity index (χ1n) is 2.76. The molecule has 67 valence electrons. The van der Waals surface area contributed by atoms with Crippen molar-refractivity contribution in [2.45, 2.75) is 6.36 Å². The minimum atomic E-state index is -4.68. The highest BCUT2D eigenvalue weighted by molar-refractivity contribution is 14.1. The van der Waals surface area contributed by atoms with Crippen molar-refractivity contribution >= 4 is 22.6 Å². The molecule has 12 heavy (non-hydrogen) atoms. The fourth-order valence-corrected chi connectivity index (χ4v) is 1.14. The van der Waals surface area contributed by atoms with E-state index in [0.717, 1.165) is 4.68 Å². The highest BCUT2D eigenvalue weighted by atomic mass is 127. The number of halogens is 4. The van der Waals surface area contributed by atoms with Crippen LogP contribution in [-0.2, 0) is 7.05 Å². The topological polar surface area (TPSA) is 27.1 Å². The van der Waals surface area contributed by atoms with E-state index in [-0.39, 0.29) is 9.45 Å². The summed E-state index contributed by atoms with van der Waals surface area (Å²) in [6, 6.07) is 0. The summed E-state index contributed by atoms with van der Waals surface area (Å²) < 4.78 is 39.9. The summed E-state index contributed by atoms with van der Waals surface area (Å²) in [5.41, 5.74) is 0. The average Bonchev–Trinajstić information content (AvgIpc) is 2.16. The molecular formula is C5H3F3IN2O. The molecule has 0 N–H and O–H groups in total. The van der Waals surface area contributed by atoms with Crippen molar-refractivity contribution in [3.63, 3.8) is 0 Å². The Balaban J connectivity index is 2.88. The second kappa shape index (κ2) is 3.11. The van der Waals surface area contributed by atoms with E-state index in [1.54, 1.807) is 22.6 Å². The molecular weight excluding hydrogens is 288 g/mol. The maximum absolute atomic E-state index is 11.7. The number of rotatable bonds is 1. The number of hydrogen-bond donors (Lipinski definition) is 0. The van der Waals surface area contributed by atoms with Crippen LogP contribution in [0.1, 0.15) is 0 Å². The van der Waals surface area contributed by atoms with Crippen LogP contribution in [0.5, 0.6) is 5.88 Å². The van der Waals surface area contributed by atoms with Gasteiger partial charge in [0.25, 0.3) is 0 Å². The van der Waals surface area contributed by atoms with E-state index < -0.39 is 6.36 Å². The average molecular weight is 291 g/mol. The van der Waals surface area contributed by atoms with Crippen LogP contribution in [0.15, 0.2) is 0 Å². The molecule has 7 heteroatoms. The van der Waals surface area contributed by atoms with Crippen LogP contribution in [0.2, 0.25) is 0 Å². The van der Waals surface area contributed by atoms with Crippen molar-refractivity contribution in [2.75, 3.05) is 0 Å². The molecule has 0 aliphatic rings. The second-order valence-corrected chi connectivity index (χ2v) is 2.98. The van der Waals surface area contributed by atoms with E-state index >= 15 is 0 Å². The Bertz CT molecular complexity index is 263. The van der Waals surface area contributed by atoms with Crippen LogP contribution < -0.4 is 4.74 Å². The zero-order valence-corrected chi connectivity index (χ0v) is 7.97. The largest absolute Gasteiger partial charge is 0.574 e. The molecule has 0 bridgehead atoms. The van der Waals surface area contributed by atoms with Gasteiger partial charge in [-0.25, -0.2) is 4.68 Å². The van der Waals surface area contributed by atoms with Gasteiger partial charge in [-0.2, -0.15) is 5.10 Å². The van der Waals surface area contributed by atoms with Crippen molar-refractivity contribution in [1.29, 1.82) is 0 Å². The van der Waals surface area contributed by atoms with Gasteiger partial charge >= 0.3 is 6.36 Å². The van der Waals surface area contributed by atoms with Crippen LogP contribution in [0.4, 0.5) is 13.2 Å². The zero-order chi connectivity index (χ0) is 9.35. The maximum atomic E-state index is 11.7. The summed E-state index contributed by atoms with van der Waals surface area (Å²) in [7, 11) is 1.35. The van der Waals surface area contributed by atoms with Crippen molar-refractivity contribution in [1.82, 2.24) is 9.78 Å². The molecule has 0 spiro atoms. The smallest absolute Gasteiger partial charge is 0.387 e. The lowest BCUT2D eigenvalue weighted by Crippen LogP contribution is -2.19. The van der Waals surface area contributed by atoms with Gasteiger partial charge in [0.2, 0.25) is 5.88 Å². The fourth-order valence-electron chi connectivity index (χ4n) is 0.575. The molecule has 3 nitrogen and oxygen atoms in total. The summed E-state index contributed by atoms with van der Waals surface area (Å²) in [4.78, 5) is 0. The van der Waals surface area contributed by atoms with E-state index in [2.05, 4.69) is 16.0 Å². The quantitative estimate of drug-likeness (QED) is 0.737. The Morgan fingerprint density at radius 2 is 2.17 bits per heavy atom. The molecule has 1 radical (unpaired) electrons. The molecule has 0 aromatic carbocycles. The van der Waals surface area contributed by atoms with E-state index in [0.29, 0.717) is 0 Å². The number of ether oxygens (including phenoxy) is 1. The Morgan fingerprint density at radius 3 is 2.50 bits per heavy atom. The molecule has 0 amide bonds. The van der Waals surface area contributed by atoms with E-state index in [1.807, 2.05) is 0 Å². The number of nitrogens with zero attached hydrogens (tertiary/aromatic N) is 2. The van der Waals surface area contributed by atoms with Gasteiger partial charge in [0, 0.05) is 7.05 Å². The Labute approximate surface area is 79.6 Å². The predicted molar refractivity (Wildman–Crippen MR) is 41.4 cm³/mol. The van der Waals surface area contributed by atoms with Gasteiger partial charge in [0.15, 0.2) is 0 Å². The number of aryl methyl sites for hydroxylation is 1. The normalized spacial score (nSPS) is 11.8. The van der Waals surface area contributed by atoms with Crippen LogP contribution in [-0.4, -0.2) is 16.1 Å². The lowest BCUT2D eigenvalue weighted by atomic mass is 10.7. The first-order valence-corrected chi connectivity index (χ1v) is 3.84. The number of hydrogen-bond acceptors (Lipinski definition) is 2. The van der Waals surface area contributed by atoms with Crippen LogP contribution in [0.3, 0.4) is 0 Å². The van der Waals surface area contributed by atoms with Gasteiger partial charge in [0.05, 0.1) is 0 Å². The lowest BCUT2D eigenvalue weighted by Gasteiger charge is -2.08. The van der Waals surface area contributed by atoms with Gasteiger partial charge in [-0.1, -0.05) is 0 Å². The summed E-state index contributed by atoms with van der Waals surface area (Å²) in [6.07, 6.45) is -2.34. The molecule has 1 rings (SSSR count). The highest BCUT2D eigenvalue weighted by Gasteiger charge is 2.33. The third-order valence-corrected chi connectivity index (χ3v) is 1.69. The van der Waals surface area contributed by atoms with E-state index in [4.69, 9.17) is 0 Å². The minimum Gasteiger partial charge on any atom is -0.387 e. The zero-order valence-electron chi connectivity index (χ0n) is 5.81. The lowest BCUT2D eigenvalue weighted by molar-refractivity contribution is -0.277. The van der Waals surface area contributed by atoms with Crippen molar-refractivity contribution in [2.24, 2.45) is 7.05 Å². The molecule has 1 aromatic rings. The van der Waals surface area contributed by atoms with Crippen molar-refractivity contribution < 1.29 is 17.9 Å². The first kappa shape index (κ1) is 9.62. The van der Waals surface area contributed by atoms with Gasteiger partial charge in [-0.05, 0) is 22.6 Å². The molecule has 1 heterocycles. The van der Waals surface area contributed by atoms with Crippen molar-refractivity contribution in [3.8, 4) is 5.88 Å². The maximum Gasteiger partial charge on any atom is 0.574 e. The molecule has 0 saturated heterocycles. The monoisotopic (exact) mass is 291 g/mol. The fraction of sp³-hybridized carbons (Fsp3) is 0.400. The van der Waals surface area contributed by atoms with Gasteiger partial charge in [0.1, 0.15) is 9.77 Å². The molecule has 0 unspecified atom stereocenters. The SMILES string of the molecule is Cn1n[c]c(I)c1OC(F)(F)F. The highest BCUT2D eigenvalue weighted by Crippen LogP contribution is 2.25. The number of alkyl halides is 3. The molecule has 0 fully saturated rings. The third kappa shape index (κ3) is 2.26. The summed E-state index contributed by atoms with van der Waals surface area (Å²) in [5.74, 6) is -0.344. The Morgan fingerprint density at radius 1 is 1.58 bits per heavy atom. The Hall–Kier alpha value is -0.470. The first-order chi connectivity index (χ1) is 5.40. The standard InChI is InChI=1S/C5H3F3IN2O/c1-11-4(3(9)2-10-11)12-5(6,7)8/h1H3. The van der Waals surface area contributed by atoms with E-state index in [9.17, 15) is 13.2 Å². The Kier molecular flexibility index (Phi) is 2.49. The molecule has 0 aliphatic carbocycles. The second-order valence-electron chi connectivity index (χ2n) is 1.90. The van der Waals surface area contributed by atoms with Crippen molar-refractivity contribution in [3.05, 3.63) is 9.77 Å². The van der Waals surface area contributed by atoms with E-state index in [1.165, 1.54) is 7.05 Å².